The minimum absolute atomic E-state index is 0.397. The molecule has 0 aliphatic carbocycles. The summed E-state index contributed by atoms with van der Waals surface area (Å²) in [5, 5.41) is 0. The highest BCUT2D eigenvalue weighted by atomic mass is 16.5. The zero-order chi connectivity index (χ0) is 12.9. The Morgan fingerprint density at radius 3 is 2.84 bits per heavy atom. The third kappa shape index (κ3) is 3.42. The van der Waals surface area contributed by atoms with Crippen molar-refractivity contribution in [2.24, 2.45) is 5.92 Å². The number of rotatable bonds is 4. The summed E-state index contributed by atoms with van der Waals surface area (Å²) in [4.78, 5) is 10.7. The highest BCUT2D eigenvalue weighted by Crippen LogP contribution is 2.20. The number of anilines is 1. The molecule has 19 heavy (non-hydrogen) atoms. The first kappa shape index (κ1) is 12.8. The van der Waals surface area contributed by atoms with Gasteiger partial charge in [0.2, 0.25) is 0 Å². The molecule has 2 aliphatic heterocycles. The van der Waals surface area contributed by atoms with E-state index in [9.17, 15) is 0 Å². The fourth-order valence-corrected chi connectivity index (χ4v) is 2.69. The van der Waals surface area contributed by atoms with E-state index in [0.29, 0.717) is 12.0 Å². The molecule has 1 aromatic heterocycles. The second-order valence-corrected chi connectivity index (χ2v) is 5.31. The molecule has 0 spiro atoms. The van der Waals surface area contributed by atoms with E-state index in [1.165, 1.54) is 0 Å². The molecule has 5 nitrogen and oxygen atoms in total. The average molecular weight is 263 g/mol. The Hall–Kier alpha value is -1.20. The number of aromatic nitrogens is 2. The van der Waals surface area contributed by atoms with Crippen molar-refractivity contribution in [1.29, 1.82) is 0 Å². The van der Waals surface area contributed by atoms with Gasteiger partial charge in [-0.1, -0.05) is 0 Å². The van der Waals surface area contributed by atoms with Gasteiger partial charge in [-0.15, -0.1) is 0 Å². The maximum absolute atomic E-state index is 6.01. The third-order valence-corrected chi connectivity index (χ3v) is 3.91. The SMILES string of the molecule is c1cnc(N2CCC(OCC3CCOC3)CC2)cn1. The molecule has 104 valence electrons. The molecule has 2 saturated heterocycles. The van der Waals surface area contributed by atoms with E-state index in [1.54, 1.807) is 12.4 Å². The Labute approximate surface area is 113 Å². The van der Waals surface area contributed by atoms with Crippen LogP contribution in [0.1, 0.15) is 19.3 Å². The zero-order valence-corrected chi connectivity index (χ0v) is 11.2. The van der Waals surface area contributed by atoms with Gasteiger partial charge < -0.3 is 14.4 Å². The summed E-state index contributed by atoms with van der Waals surface area (Å²) in [6, 6.07) is 0. The molecular formula is C14H21N3O2. The fourth-order valence-electron chi connectivity index (χ4n) is 2.69. The van der Waals surface area contributed by atoms with Gasteiger partial charge in [0.05, 0.1) is 25.5 Å². The van der Waals surface area contributed by atoms with Gasteiger partial charge in [0, 0.05) is 38.0 Å². The highest BCUT2D eigenvalue weighted by Gasteiger charge is 2.23. The molecular weight excluding hydrogens is 242 g/mol. The van der Waals surface area contributed by atoms with E-state index >= 15 is 0 Å². The lowest BCUT2D eigenvalue weighted by molar-refractivity contribution is 0.0131. The number of hydrogen-bond acceptors (Lipinski definition) is 5. The van der Waals surface area contributed by atoms with Crippen LogP contribution < -0.4 is 4.90 Å². The molecule has 0 bridgehead atoms. The van der Waals surface area contributed by atoms with Gasteiger partial charge in [-0.25, -0.2) is 4.98 Å². The van der Waals surface area contributed by atoms with E-state index in [2.05, 4.69) is 14.9 Å². The highest BCUT2D eigenvalue weighted by molar-refractivity contribution is 5.35. The van der Waals surface area contributed by atoms with Crippen LogP contribution in [0, 0.1) is 5.92 Å². The van der Waals surface area contributed by atoms with Crippen molar-refractivity contribution < 1.29 is 9.47 Å². The molecule has 2 fully saturated rings. The predicted molar refractivity (Wildman–Crippen MR) is 72.1 cm³/mol. The quantitative estimate of drug-likeness (QED) is 0.824. The summed E-state index contributed by atoms with van der Waals surface area (Å²) < 4.78 is 11.4. The Morgan fingerprint density at radius 1 is 1.26 bits per heavy atom. The van der Waals surface area contributed by atoms with Crippen LogP contribution >= 0.6 is 0 Å². The summed E-state index contributed by atoms with van der Waals surface area (Å²) in [5.41, 5.74) is 0. The largest absolute Gasteiger partial charge is 0.381 e. The van der Waals surface area contributed by atoms with Crippen molar-refractivity contribution in [3.05, 3.63) is 18.6 Å². The first-order valence-corrected chi connectivity index (χ1v) is 7.12. The van der Waals surface area contributed by atoms with E-state index in [0.717, 1.165) is 58.0 Å². The summed E-state index contributed by atoms with van der Waals surface area (Å²) in [6.07, 6.45) is 8.98. The molecule has 1 atom stereocenters. The van der Waals surface area contributed by atoms with E-state index in [1.807, 2.05) is 6.20 Å². The predicted octanol–water partition coefficient (Wildman–Crippen LogP) is 1.50. The second kappa shape index (κ2) is 6.30. The van der Waals surface area contributed by atoms with Crippen molar-refractivity contribution in [3.63, 3.8) is 0 Å². The van der Waals surface area contributed by atoms with Crippen molar-refractivity contribution in [1.82, 2.24) is 9.97 Å². The van der Waals surface area contributed by atoms with Crippen LogP contribution in [0.2, 0.25) is 0 Å². The van der Waals surface area contributed by atoms with Gasteiger partial charge in [-0.2, -0.15) is 0 Å². The summed E-state index contributed by atoms with van der Waals surface area (Å²) in [5.74, 6) is 1.59. The van der Waals surface area contributed by atoms with E-state index in [4.69, 9.17) is 9.47 Å². The molecule has 0 radical (unpaired) electrons. The first-order chi connectivity index (χ1) is 9.42. The van der Waals surface area contributed by atoms with E-state index < -0.39 is 0 Å². The van der Waals surface area contributed by atoms with Crippen molar-refractivity contribution >= 4 is 5.82 Å². The minimum Gasteiger partial charge on any atom is -0.381 e. The molecule has 1 aromatic rings. The average Bonchev–Trinajstić information content (AvgIpc) is 3.00. The van der Waals surface area contributed by atoms with Crippen LogP contribution in [0.15, 0.2) is 18.6 Å². The molecule has 0 saturated carbocycles. The van der Waals surface area contributed by atoms with Crippen LogP contribution in [0.5, 0.6) is 0 Å². The summed E-state index contributed by atoms with van der Waals surface area (Å²) >= 11 is 0. The normalized spacial score (nSPS) is 24.8. The molecule has 3 rings (SSSR count). The van der Waals surface area contributed by atoms with Crippen LogP contribution in [-0.2, 0) is 9.47 Å². The fraction of sp³-hybridized carbons (Fsp3) is 0.714. The lowest BCUT2D eigenvalue weighted by atomic mass is 10.1. The van der Waals surface area contributed by atoms with Crippen molar-refractivity contribution in [2.75, 3.05) is 37.8 Å². The van der Waals surface area contributed by atoms with Gasteiger partial charge in [-0.3, -0.25) is 4.98 Å². The van der Waals surface area contributed by atoms with Gasteiger partial charge in [-0.05, 0) is 19.3 Å². The van der Waals surface area contributed by atoms with Crippen LogP contribution in [0.25, 0.3) is 0 Å². The van der Waals surface area contributed by atoms with Crippen molar-refractivity contribution in [3.8, 4) is 0 Å². The topological polar surface area (TPSA) is 47.5 Å². The Bertz CT molecular complexity index is 374. The van der Waals surface area contributed by atoms with Gasteiger partial charge in [0.25, 0.3) is 0 Å². The number of piperidine rings is 1. The molecule has 2 aliphatic rings. The number of hydrogen-bond donors (Lipinski definition) is 0. The third-order valence-electron chi connectivity index (χ3n) is 3.91. The Balaban J connectivity index is 1.42. The standard InChI is InChI=1S/C14H21N3O2/c1-6-17(14-9-15-4-5-16-14)7-2-13(1)19-11-12-3-8-18-10-12/h4-5,9,12-13H,1-3,6-8,10-11H2. The maximum atomic E-state index is 6.01. The Kier molecular flexibility index (Phi) is 4.25. The Morgan fingerprint density at radius 2 is 2.16 bits per heavy atom. The molecule has 3 heterocycles. The van der Waals surface area contributed by atoms with E-state index in [-0.39, 0.29) is 0 Å². The maximum Gasteiger partial charge on any atom is 0.147 e. The van der Waals surface area contributed by atoms with Gasteiger partial charge in [0.1, 0.15) is 5.82 Å². The van der Waals surface area contributed by atoms with Crippen LogP contribution in [0.4, 0.5) is 5.82 Å². The van der Waals surface area contributed by atoms with Gasteiger partial charge >= 0.3 is 0 Å². The second-order valence-electron chi connectivity index (χ2n) is 5.31. The number of nitrogens with zero attached hydrogens (tertiary/aromatic N) is 3. The molecule has 5 heteroatoms. The first-order valence-electron chi connectivity index (χ1n) is 7.12. The molecule has 0 amide bonds. The van der Waals surface area contributed by atoms with Crippen LogP contribution in [-0.4, -0.2) is 49.0 Å². The zero-order valence-electron chi connectivity index (χ0n) is 11.2. The monoisotopic (exact) mass is 263 g/mol. The summed E-state index contributed by atoms with van der Waals surface area (Å²) in [6.45, 7) is 4.64. The number of ether oxygens (including phenoxy) is 2. The minimum atomic E-state index is 0.397. The summed E-state index contributed by atoms with van der Waals surface area (Å²) in [7, 11) is 0. The van der Waals surface area contributed by atoms with Crippen molar-refractivity contribution in [2.45, 2.75) is 25.4 Å². The molecule has 0 aromatic carbocycles. The van der Waals surface area contributed by atoms with Gasteiger partial charge in [0.15, 0.2) is 0 Å². The lowest BCUT2D eigenvalue weighted by Crippen LogP contribution is -2.38. The smallest absolute Gasteiger partial charge is 0.147 e. The lowest BCUT2D eigenvalue weighted by Gasteiger charge is -2.32. The molecule has 0 N–H and O–H groups in total. The van der Waals surface area contributed by atoms with Crippen LogP contribution in [0.3, 0.4) is 0 Å². The molecule has 1 unspecified atom stereocenters.